The summed E-state index contributed by atoms with van der Waals surface area (Å²) in [6.45, 7) is 11.8. The maximum absolute atomic E-state index is 4.40. The van der Waals surface area contributed by atoms with Crippen molar-refractivity contribution in [3.05, 3.63) is 12.2 Å². The van der Waals surface area contributed by atoms with Gasteiger partial charge in [0.1, 0.15) is 0 Å². The van der Waals surface area contributed by atoms with Gasteiger partial charge in [0, 0.05) is 0 Å². The molecule has 0 saturated heterocycles. The Morgan fingerprint density at radius 1 is 1.20 bits per heavy atom. The average molecular weight is 204 g/mol. The molecule has 3 atom stereocenters. The lowest BCUT2D eigenvalue weighted by molar-refractivity contribution is 0.0376. The zero-order valence-corrected chi connectivity index (χ0v) is 10.5. The van der Waals surface area contributed by atoms with Gasteiger partial charge in [-0.1, -0.05) is 39.3 Å². The fourth-order valence-electron chi connectivity index (χ4n) is 5.64. The first-order valence-corrected chi connectivity index (χ1v) is 6.65. The summed E-state index contributed by atoms with van der Waals surface area (Å²) in [4.78, 5) is 0. The van der Waals surface area contributed by atoms with Gasteiger partial charge in [-0.05, 0) is 54.3 Å². The quantitative estimate of drug-likeness (QED) is 0.507. The Labute approximate surface area is 94.1 Å². The molecule has 0 spiro atoms. The normalized spacial score (nSPS) is 51.9. The molecular weight excluding hydrogens is 180 g/mol. The molecule has 3 aliphatic rings. The fourth-order valence-corrected chi connectivity index (χ4v) is 5.64. The van der Waals surface area contributed by atoms with Gasteiger partial charge in [-0.3, -0.25) is 0 Å². The van der Waals surface area contributed by atoms with E-state index in [2.05, 4.69) is 27.4 Å². The average Bonchev–Trinajstić information content (AvgIpc) is 2.69. The van der Waals surface area contributed by atoms with Crippen LogP contribution in [0.3, 0.4) is 0 Å². The van der Waals surface area contributed by atoms with E-state index in [0.717, 1.165) is 5.92 Å². The molecule has 0 aliphatic heterocycles. The largest absolute Gasteiger partial charge is 0.0993 e. The smallest absolute Gasteiger partial charge is 0.00852 e. The molecule has 3 rings (SSSR count). The molecule has 3 saturated carbocycles. The molecule has 0 radical (unpaired) electrons. The maximum Gasteiger partial charge on any atom is -0.00852 e. The molecule has 15 heavy (non-hydrogen) atoms. The van der Waals surface area contributed by atoms with Crippen molar-refractivity contribution in [1.82, 2.24) is 0 Å². The standard InChI is InChI=1S/C15H24/c1-11-6-9-15-8-5-7-14(11,15)10-12(2)13(15,3)4/h11H,2,5-10H2,1,3-4H3/t11?,14-,15-/m0/s1. The minimum Gasteiger partial charge on any atom is -0.0993 e. The van der Waals surface area contributed by atoms with E-state index >= 15 is 0 Å². The van der Waals surface area contributed by atoms with E-state index in [1.165, 1.54) is 38.5 Å². The molecule has 0 heteroatoms. The SMILES string of the molecule is C=C1C[C@]23CCC[C@]2(CCC3C)C1(C)C. The molecule has 3 aliphatic carbocycles. The van der Waals surface area contributed by atoms with Crippen molar-refractivity contribution in [3.63, 3.8) is 0 Å². The van der Waals surface area contributed by atoms with Crippen LogP contribution in [0.5, 0.6) is 0 Å². The van der Waals surface area contributed by atoms with Gasteiger partial charge in [0.05, 0.1) is 0 Å². The highest BCUT2D eigenvalue weighted by atomic mass is 14.7. The summed E-state index contributed by atoms with van der Waals surface area (Å²) in [5, 5.41) is 0. The van der Waals surface area contributed by atoms with Crippen molar-refractivity contribution in [1.29, 1.82) is 0 Å². The predicted molar refractivity (Wildman–Crippen MR) is 64.7 cm³/mol. The second-order valence-corrected chi connectivity index (χ2v) is 6.94. The monoisotopic (exact) mass is 204 g/mol. The third kappa shape index (κ3) is 0.797. The van der Waals surface area contributed by atoms with Crippen LogP contribution >= 0.6 is 0 Å². The Morgan fingerprint density at radius 2 is 1.93 bits per heavy atom. The molecule has 84 valence electrons. The third-order valence-electron chi connectivity index (χ3n) is 6.74. The van der Waals surface area contributed by atoms with Crippen LogP contribution in [0.2, 0.25) is 0 Å². The molecule has 0 aromatic rings. The summed E-state index contributed by atoms with van der Waals surface area (Å²) >= 11 is 0. The van der Waals surface area contributed by atoms with Gasteiger partial charge >= 0.3 is 0 Å². The van der Waals surface area contributed by atoms with Crippen molar-refractivity contribution < 1.29 is 0 Å². The fraction of sp³-hybridized carbons (Fsp3) is 0.867. The molecule has 0 aromatic carbocycles. The van der Waals surface area contributed by atoms with Gasteiger partial charge < -0.3 is 0 Å². The van der Waals surface area contributed by atoms with Crippen molar-refractivity contribution in [3.8, 4) is 0 Å². The maximum atomic E-state index is 4.40. The molecule has 0 heterocycles. The van der Waals surface area contributed by atoms with Gasteiger partial charge in [0.2, 0.25) is 0 Å². The van der Waals surface area contributed by atoms with Crippen molar-refractivity contribution in [2.24, 2.45) is 22.2 Å². The Morgan fingerprint density at radius 3 is 2.60 bits per heavy atom. The van der Waals surface area contributed by atoms with Crippen LogP contribution < -0.4 is 0 Å². The van der Waals surface area contributed by atoms with E-state index in [1.54, 1.807) is 5.57 Å². The zero-order chi connectivity index (χ0) is 10.9. The van der Waals surface area contributed by atoms with Crippen molar-refractivity contribution in [2.45, 2.75) is 59.3 Å². The Bertz CT molecular complexity index is 325. The molecule has 0 N–H and O–H groups in total. The topological polar surface area (TPSA) is 0 Å². The minimum atomic E-state index is 0.411. The van der Waals surface area contributed by atoms with Crippen LogP contribution in [0, 0.1) is 22.2 Å². The van der Waals surface area contributed by atoms with E-state index in [9.17, 15) is 0 Å². The molecule has 1 unspecified atom stereocenters. The van der Waals surface area contributed by atoms with E-state index in [0.29, 0.717) is 16.2 Å². The number of rotatable bonds is 0. The molecule has 0 nitrogen and oxygen atoms in total. The van der Waals surface area contributed by atoms with E-state index in [-0.39, 0.29) is 0 Å². The summed E-state index contributed by atoms with van der Waals surface area (Å²) in [6.07, 6.45) is 8.71. The van der Waals surface area contributed by atoms with E-state index in [4.69, 9.17) is 0 Å². The Balaban J connectivity index is 2.19. The Hall–Kier alpha value is -0.260. The van der Waals surface area contributed by atoms with Crippen LogP contribution in [0.25, 0.3) is 0 Å². The summed E-state index contributed by atoms with van der Waals surface area (Å²) in [5.74, 6) is 0.943. The summed E-state index contributed by atoms with van der Waals surface area (Å²) in [6, 6.07) is 0. The second-order valence-electron chi connectivity index (χ2n) is 6.94. The number of allylic oxidation sites excluding steroid dienone is 1. The van der Waals surface area contributed by atoms with Crippen molar-refractivity contribution >= 4 is 0 Å². The lowest BCUT2D eigenvalue weighted by Gasteiger charge is -2.45. The van der Waals surface area contributed by atoms with Crippen LogP contribution in [0.15, 0.2) is 12.2 Å². The highest BCUT2D eigenvalue weighted by Gasteiger charge is 2.70. The zero-order valence-electron chi connectivity index (χ0n) is 10.5. The highest BCUT2D eigenvalue weighted by Crippen LogP contribution is 2.79. The molecule has 0 aromatic heterocycles. The highest BCUT2D eigenvalue weighted by molar-refractivity contribution is 5.32. The van der Waals surface area contributed by atoms with Crippen LogP contribution in [-0.2, 0) is 0 Å². The van der Waals surface area contributed by atoms with Gasteiger partial charge in [0.15, 0.2) is 0 Å². The number of hydrogen-bond acceptors (Lipinski definition) is 0. The Kier molecular flexibility index (Phi) is 1.67. The summed E-state index contributed by atoms with van der Waals surface area (Å²) < 4.78 is 0. The third-order valence-corrected chi connectivity index (χ3v) is 6.74. The first-order chi connectivity index (χ1) is 6.96. The van der Waals surface area contributed by atoms with Crippen LogP contribution in [-0.4, -0.2) is 0 Å². The summed E-state index contributed by atoms with van der Waals surface area (Å²) in [5.41, 5.74) is 3.26. The van der Waals surface area contributed by atoms with Gasteiger partial charge in [-0.15, -0.1) is 0 Å². The first kappa shape index (κ1) is 9.93. The minimum absolute atomic E-state index is 0.411. The van der Waals surface area contributed by atoms with E-state index in [1.807, 2.05) is 0 Å². The molecule has 3 fully saturated rings. The lowest BCUT2D eigenvalue weighted by atomic mass is 9.59. The van der Waals surface area contributed by atoms with Crippen LogP contribution in [0.4, 0.5) is 0 Å². The van der Waals surface area contributed by atoms with Gasteiger partial charge in [0.25, 0.3) is 0 Å². The number of hydrogen-bond donors (Lipinski definition) is 0. The first-order valence-electron chi connectivity index (χ1n) is 6.65. The molecule has 0 amide bonds. The molecule has 0 bridgehead atoms. The van der Waals surface area contributed by atoms with E-state index < -0.39 is 0 Å². The lowest BCUT2D eigenvalue weighted by Crippen LogP contribution is -2.39. The summed E-state index contributed by atoms with van der Waals surface area (Å²) in [7, 11) is 0. The second kappa shape index (κ2) is 2.52. The van der Waals surface area contributed by atoms with Gasteiger partial charge in [-0.2, -0.15) is 0 Å². The van der Waals surface area contributed by atoms with Crippen molar-refractivity contribution in [2.75, 3.05) is 0 Å². The van der Waals surface area contributed by atoms with Gasteiger partial charge in [-0.25, -0.2) is 0 Å². The van der Waals surface area contributed by atoms with Crippen LogP contribution in [0.1, 0.15) is 59.3 Å². The predicted octanol–water partition coefficient (Wildman–Crippen LogP) is 4.56. The molecular formula is C15H24.